The van der Waals surface area contributed by atoms with Gasteiger partial charge in [0.1, 0.15) is 0 Å². The lowest BCUT2D eigenvalue weighted by Gasteiger charge is -2.21. The summed E-state index contributed by atoms with van der Waals surface area (Å²) in [5.74, 6) is 2.27. The third kappa shape index (κ3) is 4.23. The van der Waals surface area contributed by atoms with Gasteiger partial charge in [0.05, 0.1) is 16.4 Å². The van der Waals surface area contributed by atoms with Crippen molar-refractivity contribution in [3.05, 3.63) is 16.4 Å². The van der Waals surface area contributed by atoms with Gasteiger partial charge >= 0.3 is 0 Å². The summed E-state index contributed by atoms with van der Waals surface area (Å²) >= 11 is 6.50. The van der Waals surface area contributed by atoms with E-state index < -0.39 is 0 Å². The van der Waals surface area contributed by atoms with Crippen molar-refractivity contribution in [2.75, 3.05) is 13.1 Å². The molecule has 0 aromatic carbocycles. The maximum absolute atomic E-state index is 6.50. The van der Waals surface area contributed by atoms with Gasteiger partial charge in [-0.15, -0.1) is 0 Å². The lowest BCUT2D eigenvalue weighted by molar-refractivity contribution is 0.352. The fraction of sp³-hybridized carbons (Fsp3) is 0.824. The van der Waals surface area contributed by atoms with Gasteiger partial charge in [-0.2, -0.15) is 5.10 Å². The molecule has 0 amide bonds. The van der Waals surface area contributed by atoms with Crippen LogP contribution in [0.3, 0.4) is 0 Å². The van der Waals surface area contributed by atoms with E-state index >= 15 is 0 Å². The molecule has 1 aliphatic carbocycles. The fourth-order valence-corrected chi connectivity index (χ4v) is 3.87. The van der Waals surface area contributed by atoms with Crippen molar-refractivity contribution in [1.82, 2.24) is 15.1 Å². The third-order valence-corrected chi connectivity index (χ3v) is 5.17. The number of nitrogens with one attached hydrogen (secondary N) is 1. The van der Waals surface area contributed by atoms with Crippen molar-refractivity contribution in [3.63, 3.8) is 0 Å². The second kappa shape index (κ2) is 7.64. The zero-order valence-corrected chi connectivity index (χ0v) is 14.7. The van der Waals surface area contributed by atoms with Crippen LogP contribution in [-0.2, 0) is 19.9 Å². The lowest BCUT2D eigenvalue weighted by atomic mass is 9.91. The summed E-state index contributed by atoms with van der Waals surface area (Å²) in [6, 6.07) is 0. The molecule has 0 aliphatic heterocycles. The Kier molecular flexibility index (Phi) is 6.12. The topological polar surface area (TPSA) is 29.9 Å². The van der Waals surface area contributed by atoms with E-state index in [-0.39, 0.29) is 0 Å². The molecule has 0 spiro atoms. The van der Waals surface area contributed by atoms with E-state index in [0.717, 1.165) is 54.4 Å². The van der Waals surface area contributed by atoms with E-state index in [1.165, 1.54) is 25.0 Å². The summed E-state index contributed by atoms with van der Waals surface area (Å²) in [7, 11) is 2.03. The Balaban J connectivity index is 1.96. The average Bonchev–Trinajstić information content (AvgIpc) is 2.98. The predicted octanol–water partition coefficient (Wildman–Crippen LogP) is 3.84. The van der Waals surface area contributed by atoms with Crippen LogP contribution in [0.1, 0.15) is 51.4 Å². The maximum Gasteiger partial charge on any atom is 0.0849 e. The Hall–Kier alpha value is -0.540. The lowest BCUT2D eigenvalue weighted by Crippen LogP contribution is -2.29. The number of nitrogens with zero attached hydrogens (tertiary/aromatic N) is 2. The van der Waals surface area contributed by atoms with Crippen LogP contribution in [0.5, 0.6) is 0 Å². The molecular weight excluding hydrogens is 282 g/mol. The van der Waals surface area contributed by atoms with Gasteiger partial charge in [-0.1, -0.05) is 38.8 Å². The molecular formula is C17H30ClN3. The summed E-state index contributed by atoms with van der Waals surface area (Å²) in [5.41, 5.74) is 2.27. The van der Waals surface area contributed by atoms with Crippen molar-refractivity contribution >= 4 is 11.6 Å². The van der Waals surface area contributed by atoms with Gasteiger partial charge in [-0.25, -0.2) is 0 Å². The zero-order valence-electron chi connectivity index (χ0n) is 14.0. The smallest absolute Gasteiger partial charge is 0.0849 e. The van der Waals surface area contributed by atoms with Gasteiger partial charge in [-0.05, 0) is 56.5 Å². The number of aryl methyl sites for hydroxylation is 2. The highest BCUT2D eigenvalue weighted by Crippen LogP contribution is 2.35. The van der Waals surface area contributed by atoms with Crippen LogP contribution in [0, 0.1) is 17.8 Å². The zero-order chi connectivity index (χ0) is 15.4. The van der Waals surface area contributed by atoms with Crippen LogP contribution >= 0.6 is 11.6 Å². The van der Waals surface area contributed by atoms with E-state index in [4.69, 9.17) is 11.6 Å². The Morgan fingerprint density at radius 1 is 1.33 bits per heavy atom. The van der Waals surface area contributed by atoms with E-state index in [2.05, 4.69) is 31.2 Å². The van der Waals surface area contributed by atoms with Gasteiger partial charge in [0.15, 0.2) is 0 Å². The van der Waals surface area contributed by atoms with E-state index in [1.54, 1.807) is 0 Å². The molecule has 21 heavy (non-hydrogen) atoms. The molecule has 1 N–H and O–H groups in total. The fourth-order valence-electron chi connectivity index (χ4n) is 3.50. The van der Waals surface area contributed by atoms with Crippen molar-refractivity contribution < 1.29 is 0 Å². The highest BCUT2D eigenvalue weighted by atomic mass is 35.5. The standard InChI is InChI=1S/C17H30ClN3/c1-5-15-17(18)16(21(4)20-15)9-13-7-6-8-14(13)11-19-10-12(2)3/h12-14,19H,5-11H2,1-4H3. The van der Waals surface area contributed by atoms with Gasteiger partial charge in [0, 0.05) is 7.05 Å². The van der Waals surface area contributed by atoms with Crippen molar-refractivity contribution in [1.29, 1.82) is 0 Å². The molecule has 0 bridgehead atoms. The van der Waals surface area contributed by atoms with Crippen LogP contribution in [0.15, 0.2) is 0 Å². The molecule has 3 nitrogen and oxygen atoms in total. The van der Waals surface area contributed by atoms with Gasteiger partial charge in [0.2, 0.25) is 0 Å². The van der Waals surface area contributed by atoms with Crippen molar-refractivity contribution in [3.8, 4) is 0 Å². The molecule has 2 rings (SSSR count). The average molecular weight is 312 g/mol. The Labute approximate surface area is 134 Å². The van der Waals surface area contributed by atoms with Crippen LogP contribution in [0.4, 0.5) is 0 Å². The minimum atomic E-state index is 0.725. The van der Waals surface area contributed by atoms with Crippen LogP contribution in [0.2, 0.25) is 5.02 Å². The molecule has 0 saturated heterocycles. The summed E-state index contributed by atoms with van der Waals surface area (Å²) in [4.78, 5) is 0. The highest BCUT2D eigenvalue weighted by molar-refractivity contribution is 6.31. The quantitative estimate of drug-likeness (QED) is 0.829. The number of hydrogen-bond donors (Lipinski definition) is 1. The number of hydrogen-bond acceptors (Lipinski definition) is 2. The Morgan fingerprint density at radius 2 is 2.05 bits per heavy atom. The molecule has 1 fully saturated rings. The van der Waals surface area contributed by atoms with Crippen molar-refractivity contribution in [2.45, 2.75) is 52.9 Å². The van der Waals surface area contributed by atoms with E-state index in [9.17, 15) is 0 Å². The SMILES string of the molecule is CCc1nn(C)c(CC2CCCC2CNCC(C)C)c1Cl. The van der Waals surface area contributed by atoms with Gasteiger partial charge in [-0.3, -0.25) is 4.68 Å². The highest BCUT2D eigenvalue weighted by Gasteiger charge is 2.29. The molecule has 1 aromatic heterocycles. The summed E-state index contributed by atoms with van der Waals surface area (Å²) in [6.45, 7) is 8.92. The minimum absolute atomic E-state index is 0.725. The number of rotatable bonds is 7. The molecule has 4 heteroatoms. The maximum atomic E-state index is 6.50. The molecule has 1 heterocycles. The second-order valence-corrected chi connectivity index (χ2v) is 7.27. The second-order valence-electron chi connectivity index (χ2n) is 6.89. The van der Waals surface area contributed by atoms with Gasteiger partial charge < -0.3 is 5.32 Å². The molecule has 2 unspecified atom stereocenters. The first kappa shape index (κ1) is 16.8. The first-order chi connectivity index (χ1) is 10.0. The van der Waals surface area contributed by atoms with Crippen LogP contribution in [-0.4, -0.2) is 22.9 Å². The third-order valence-electron chi connectivity index (χ3n) is 4.73. The number of halogens is 1. The van der Waals surface area contributed by atoms with Gasteiger partial charge in [0.25, 0.3) is 0 Å². The predicted molar refractivity (Wildman–Crippen MR) is 89.8 cm³/mol. The summed E-state index contributed by atoms with van der Waals surface area (Å²) in [5, 5.41) is 9.09. The number of aromatic nitrogens is 2. The van der Waals surface area contributed by atoms with E-state index in [0.29, 0.717) is 0 Å². The van der Waals surface area contributed by atoms with Crippen LogP contribution in [0.25, 0.3) is 0 Å². The Bertz CT molecular complexity index is 453. The summed E-state index contributed by atoms with van der Waals surface area (Å²) < 4.78 is 2.00. The summed E-state index contributed by atoms with van der Waals surface area (Å²) in [6.07, 6.45) is 6.03. The van der Waals surface area contributed by atoms with Crippen LogP contribution < -0.4 is 5.32 Å². The molecule has 0 radical (unpaired) electrons. The van der Waals surface area contributed by atoms with E-state index in [1.807, 2.05) is 11.7 Å². The largest absolute Gasteiger partial charge is 0.316 e. The normalized spacial score (nSPS) is 22.4. The first-order valence-corrected chi connectivity index (χ1v) is 8.81. The molecule has 1 saturated carbocycles. The molecule has 1 aliphatic rings. The molecule has 2 atom stereocenters. The first-order valence-electron chi connectivity index (χ1n) is 8.43. The molecule has 120 valence electrons. The Morgan fingerprint density at radius 3 is 2.67 bits per heavy atom. The monoisotopic (exact) mass is 311 g/mol. The molecule has 1 aromatic rings. The van der Waals surface area contributed by atoms with Crippen molar-refractivity contribution in [2.24, 2.45) is 24.8 Å². The minimum Gasteiger partial charge on any atom is -0.316 e.